The summed E-state index contributed by atoms with van der Waals surface area (Å²) in [6, 6.07) is 6.06. The first-order chi connectivity index (χ1) is 6.33. The largest absolute Gasteiger partial charge is 0.303 e. The molecule has 0 bridgehead atoms. The molecule has 1 heterocycles. The lowest BCUT2D eigenvalue weighted by molar-refractivity contribution is -0.107. The van der Waals surface area contributed by atoms with Crippen LogP contribution in [0.25, 0.3) is 10.1 Å². The molecule has 0 saturated carbocycles. The molecule has 0 unspecified atom stereocenters. The molecule has 0 aliphatic rings. The van der Waals surface area contributed by atoms with Crippen molar-refractivity contribution in [2.45, 2.75) is 6.42 Å². The minimum absolute atomic E-state index is 0.510. The molecule has 0 N–H and O–H groups in total. The molecule has 2 aromatic rings. The lowest BCUT2D eigenvalue weighted by Crippen LogP contribution is -1.81. The fourth-order valence-corrected chi connectivity index (χ4v) is 2.96. The summed E-state index contributed by atoms with van der Waals surface area (Å²) in [5, 5.41) is 3.23. The Morgan fingerprint density at radius 1 is 1.46 bits per heavy atom. The molecule has 3 heteroatoms. The lowest BCUT2D eigenvalue weighted by atomic mass is 10.1. The fourth-order valence-electron chi connectivity index (χ4n) is 1.32. The lowest BCUT2D eigenvalue weighted by Gasteiger charge is -1.94. The number of hydrogen-bond donors (Lipinski definition) is 0. The van der Waals surface area contributed by atoms with Crippen LogP contribution in [0.1, 0.15) is 5.56 Å². The van der Waals surface area contributed by atoms with E-state index in [1.54, 1.807) is 11.3 Å². The maximum atomic E-state index is 10.4. The van der Waals surface area contributed by atoms with Crippen molar-refractivity contribution >= 4 is 43.6 Å². The van der Waals surface area contributed by atoms with Gasteiger partial charge in [0, 0.05) is 15.6 Å². The first-order valence-corrected chi connectivity index (χ1v) is 5.58. The van der Waals surface area contributed by atoms with Gasteiger partial charge < -0.3 is 4.79 Å². The predicted molar refractivity (Wildman–Crippen MR) is 59.3 cm³/mol. The molecule has 13 heavy (non-hydrogen) atoms. The number of carbonyl (C=O) groups is 1. The number of fused-ring (bicyclic) bond motifs is 1. The summed E-state index contributed by atoms with van der Waals surface area (Å²) < 4.78 is 2.33. The van der Waals surface area contributed by atoms with E-state index < -0.39 is 0 Å². The Morgan fingerprint density at radius 2 is 2.31 bits per heavy atom. The summed E-state index contributed by atoms with van der Waals surface area (Å²) >= 11 is 5.16. The van der Waals surface area contributed by atoms with Crippen LogP contribution in [0.5, 0.6) is 0 Å². The summed E-state index contributed by atoms with van der Waals surface area (Å²) in [6.07, 6.45) is 1.46. The Kier molecular flexibility index (Phi) is 2.47. The van der Waals surface area contributed by atoms with E-state index in [9.17, 15) is 4.79 Å². The topological polar surface area (TPSA) is 17.1 Å². The van der Waals surface area contributed by atoms with Gasteiger partial charge in [0.05, 0.1) is 0 Å². The number of hydrogen-bond acceptors (Lipinski definition) is 2. The van der Waals surface area contributed by atoms with Crippen LogP contribution in [0.4, 0.5) is 0 Å². The van der Waals surface area contributed by atoms with Crippen molar-refractivity contribution in [1.29, 1.82) is 0 Å². The van der Waals surface area contributed by atoms with Crippen LogP contribution < -0.4 is 0 Å². The smallest absolute Gasteiger partial charge is 0.124 e. The van der Waals surface area contributed by atoms with Gasteiger partial charge in [0.1, 0.15) is 6.29 Å². The monoisotopic (exact) mass is 254 g/mol. The molecule has 0 amide bonds. The third-order valence-electron chi connectivity index (χ3n) is 1.94. The van der Waals surface area contributed by atoms with Crippen molar-refractivity contribution in [1.82, 2.24) is 0 Å². The van der Waals surface area contributed by atoms with Gasteiger partial charge in [0.25, 0.3) is 0 Å². The van der Waals surface area contributed by atoms with Crippen LogP contribution in [0, 0.1) is 0 Å². The first-order valence-electron chi connectivity index (χ1n) is 3.91. The third-order valence-corrected chi connectivity index (χ3v) is 3.94. The molecule has 0 atom stereocenters. The molecule has 0 fully saturated rings. The summed E-state index contributed by atoms with van der Waals surface area (Å²) in [4.78, 5) is 10.4. The highest BCUT2D eigenvalue weighted by molar-refractivity contribution is 9.10. The van der Waals surface area contributed by atoms with Crippen LogP contribution in [0.15, 0.2) is 28.1 Å². The van der Waals surface area contributed by atoms with Gasteiger partial charge >= 0.3 is 0 Å². The normalized spacial score (nSPS) is 10.5. The zero-order valence-electron chi connectivity index (χ0n) is 6.79. The van der Waals surface area contributed by atoms with Gasteiger partial charge in [0.15, 0.2) is 0 Å². The molecular formula is C10H7BrOS. The Balaban J connectivity index is 2.67. The van der Waals surface area contributed by atoms with Crippen molar-refractivity contribution in [3.63, 3.8) is 0 Å². The molecule has 0 aliphatic carbocycles. The molecule has 1 aromatic carbocycles. The Bertz CT molecular complexity index is 447. The van der Waals surface area contributed by atoms with Crippen molar-refractivity contribution in [3.05, 3.63) is 33.6 Å². The van der Waals surface area contributed by atoms with Gasteiger partial charge in [-0.3, -0.25) is 0 Å². The Morgan fingerprint density at radius 3 is 3.08 bits per heavy atom. The quantitative estimate of drug-likeness (QED) is 0.751. The van der Waals surface area contributed by atoms with Crippen molar-refractivity contribution in [3.8, 4) is 0 Å². The second-order valence-corrected chi connectivity index (χ2v) is 4.48. The summed E-state index contributed by atoms with van der Waals surface area (Å²) in [7, 11) is 0. The standard InChI is InChI=1S/C10H7BrOS/c11-9-3-1-2-8-7(4-5-12)6-13-10(8)9/h1-3,5-6H,4H2. The summed E-state index contributed by atoms with van der Waals surface area (Å²) in [5.41, 5.74) is 1.12. The van der Waals surface area contributed by atoms with Crippen LogP contribution in [-0.2, 0) is 11.2 Å². The number of rotatable bonds is 2. The number of aldehydes is 1. The van der Waals surface area contributed by atoms with Gasteiger partial charge in [-0.1, -0.05) is 12.1 Å². The van der Waals surface area contributed by atoms with E-state index in [1.807, 2.05) is 17.5 Å². The number of benzene rings is 1. The second-order valence-electron chi connectivity index (χ2n) is 2.75. The van der Waals surface area contributed by atoms with Gasteiger partial charge in [-0.2, -0.15) is 0 Å². The van der Waals surface area contributed by atoms with Gasteiger partial charge in [-0.05, 0) is 38.3 Å². The molecule has 1 nitrogen and oxygen atoms in total. The molecule has 0 aliphatic heterocycles. The van der Waals surface area contributed by atoms with E-state index in [1.165, 1.54) is 10.1 Å². The van der Waals surface area contributed by atoms with Gasteiger partial charge in [0.2, 0.25) is 0 Å². The average Bonchev–Trinajstić information content (AvgIpc) is 2.51. The Labute approximate surface area is 88.5 Å². The fraction of sp³-hybridized carbons (Fsp3) is 0.100. The zero-order chi connectivity index (χ0) is 9.26. The van der Waals surface area contributed by atoms with Crippen LogP contribution in [-0.4, -0.2) is 6.29 Å². The predicted octanol–water partition coefficient (Wildman–Crippen LogP) is 3.41. The van der Waals surface area contributed by atoms with Crippen molar-refractivity contribution < 1.29 is 4.79 Å². The van der Waals surface area contributed by atoms with E-state index in [0.717, 1.165) is 16.3 Å². The Hall–Kier alpha value is -0.670. The van der Waals surface area contributed by atoms with E-state index in [4.69, 9.17) is 0 Å². The third kappa shape index (κ3) is 1.54. The molecule has 0 spiro atoms. The molecule has 66 valence electrons. The summed E-state index contributed by atoms with van der Waals surface area (Å²) in [6.45, 7) is 0. The average molecular weight is 255 g/mol. The van der Waals surface area contributed by atoms with Crippen LogP contribution in [0.3, 0.4) is 0 Å². The highest BCUT2D eigenvalue weighted by Gasteiger charge is 2.04. The zero-order valence-corrected chi connectivity index (χ0v) is 9.19. The molecule has 2 rings (SSSR count). The maximum Gasteiger partial charge on any atom is 0.124 e. The minimum Gasteiger partial charge on any atom is -0.303 e. The van der Waals surface area contributed by atoms with E-state index >= 15 is 0 Å². The van der Waals surface area contributed by atoms with E-state index in [-0.39, 0.29) is 0 Å². The van der Waals surface area contributed by atoms with E-state index in [0.29, 0.717) is 6.42 Å². The molecule has 1 aromatic heterocycles. The van der Waals surface area contributed by atoms with E-state index in [2.05, 4.69) is 22.0 Å². The van der Waals surface area contributed by atoms with Crippen molar-refractivity contribution in [2.24, 2.45) is 0 Å². The highest BCUT2D eigenvalue weighted by Crippen LogP contribution is 2.32. The van der Waals surface area contributed by atoms with Crippen LogP contribution in [0.2, 0.25) is 0 Å². The number of carbonyl (C=O) groups excluding carboxylic acids is 1. The highest BCUT2D eigenvalue weighted by atomic mass is 79.9. The van der Waals surface area contributed by atoms with Gasteiger partial charge in [-0.15, -0.1) is 11.3 Å². The summed E-state index contributed by atoms with van der Waals surface area (Å²) in [5.74, 6) is 0. The van der Waals surface area contributed by atoms with Crippen LogP contribution >= 0.6 is 27.3 Å². The molecular weight excluding hydrogens is 248 g/mol. The second kappa shape index (κ2) is 3.60. The van der Waals surface area contributed by atoms with Crippen molar-refractivity contribution in [2.75, 3.05) is 0 Å². The SMILES string of the molecule is O=CCc1csc2c(Br)cccc12. The van der Waals surface area contributed by atoms with Gasteiger partial charge in [-0.25, -0.2) is 0 Å². The minimum atomic E-state index is 0.510. The number of thiophene rings is 1. The molecule has 0 radical (unpaired) electrons. The number of halogens is 1. The first kappa shape index (κ1) is 8.91. The molecule has 0 saturated heterocycles. The maximum absolute atomic E-state index is 10.4.